The van der Waals surface area contributed by atoms with Crippen LogP contribution in [0.15, 0.2) is 24.3 Å². The van der Waals surface area contributed by atoms with Crippen LogP contribution in [0.25, 0.3) is 0 Å². The second kappa shape index (κ2) is 6.06. The Bertz CT molecular complexity index is 413. The molecule has 2 atom stereocenters. The summed E-state index contributed by atoms with van der Waals surface area (Å²) >= 11 is 0. The molecule has 1 aromatic rings. The van der Waals surface area contributed by atoms with Crippen molar-refractivity contribution in [3.63, 3.8) is 0 Å². The summed E-state index contributed by atoms with van der Waals surface area (Å²) in [6, 6.07) is 8.86. The fourth-order valence-corrected chi connectivity index (χ4v) is 3.35. The van der Waals surface area contributed by atoms with Crippen LogP contribution in [-0.4, -0.2) is 17.8 Å². The highest BCUT2D eigenvalue weighted by atomic mass is 16.3. The van der Waals surface area contributed by atoms with Gasteiger partial charge in [-0.3, -0.25) is 0 Å². The van der Waals surface area contributed by atoms with Gasteiger partial charge in [0.2, 0.25) is 0 Å². The van der Waals surface area contributed by atoms with E-state index in [-0.39, 0.29) is 6.10 Å². The first-order chi connectivity index (χ1) is 9.33. The van der Waals surface area contributed by atoms with Gasteiger partial charge in [-0.25, -0.2) is 0 Å². The van der Waals surface area contributed by atoms with Crippen molar-refractivity contribution in [1.82, 2.24) is 5.32 Å². The smallest absolute Gasteiger partial charge is 0.0543 e. The maximum Gasteiger partial charge on any atom is 0.0543 e. The van der Waals surface area contributed by atoms with Crippen LogP contribution in [0.5, 0.6) is 0 Å². The summed E-state index contributed by atoms with van der Waals surface area (Å²) in [4.78, 5) is 0. The molecule has 0 amide bonds. The standard InChI is InChI=1S/C17H25NO/c19-16-6-3-4-13(10-16)11-18-12-15-5-1-2-7-17(15)14-8-9-14/h1-2,5,7,13-14,16,18-19H,3-4,6,8-12H2. The summed E-state index contributed by atoms with van der Waals surface area (Å²) in [5.41, 5.74) is 3.03. The van der Waals surface area contributed by atoms with E-state index in [0.29, 0.717) is 5.92 Å². The highest BCUT2D eigenvalue weighted by Crippen LogP contribution is 2.41. The van der Waals surface area contributed by atoms with E-state index in [4.69, 9.17) is 0 Å². The van der Waals surface area contributed by atoms with Crippen molar-refractivity contribution in [2.45, 2.75) is 57.1 Å². The molecule has 0 saturated heterocycles. The van der Waals surface area contributed by atoms with E-state index in [9.17, 15) is 5.11 Å². The largest absolute Gasteiger partial charge is 0.393 e. The van der Waals surface area contributed by atoms with E-state index >= 15 is 0 Å². The minimum atomic E-state index is -0.0562. The summed E-state index contributed by atoms with van der Waals surface area (Å²) in [6.45, 7) is 2.04. The average Bonchev–Trinajstić information content (AvgIpc) is 3.24. The molecule has 2 aliphatic carbocycles. The molecular formula is C17H25NO. The summed E-state index contributed by atoms with van der Waals surface area (Å²) in [5, 5.41) is 13.3. The molecule has 104 valence electrons. The number of hydrogen-bond donors (Lipinski definition) is 2. The molecular weight excluding hydrogens is 234 g/mol. The minimum absolute atomic E-state index is 0.0562. The van der Waals surface area contributed by atoms with Gasteiger partial charge in [-0.15, -0.1) is 0 Å². The second-order valence-electron chi connectivity index (χ2n) is 6.29. The predicted molar refractivity (Wildman–Crippen MR) is 78.1 cm³/mol. The van der Waals surface area contributed by atoms with Crippen LogP contribution in [0.2, 0.25) is 0 Å². The zero-order chi connectivity index (χ0) is 13.1. The molecule has 2 aliphatic rings. The van der Waals surface area contributed by atoms with Gasteiger partial charge in [-0.2, -0.15) is 0 Å². The predicted octanol–water partition coefficient (Wildman–Crippen LogP) is 3.20. The van der Waals surface area contributed by atoms with Gasteiger partial charge in [0.1, 0.15) is 0 Å². The molecule has 2 unspecified atom stereocenters. The Balaban J connectivity index is 1.49. The van der Waals surface area contributed by atoms with Gasteiger partial charge in [0.05, 0.1) is 6.10 Å². The highest BCUT2D eigenvalue weighted by Gasteiger charge is 2.25. The van der Waals surface area contributed by atoms with E-state index in [0.717, 1.165) is 31.8 Å². The number of rotatable bonds is 5. The highest BCUT2D eigenvalue weighted by molar-refractivity contribution is 5.33. The molecule has 0 aliphatic heterocycles. The van der Waals surface area contributed by atoms with Crippen molar-refractivity contribution < 1.29 is 5.11 Å². The van der Waals surface area contributed by atoms with Crippen LogP contribution in [0, 0.1) is 5.92 Å². The van der Waals surface area contributed by atoms with Crippen molar-refractivity contribution >= 4 is 0 Å². The monoisotopic (exact) mass is 259 g/mol. The van der Waals surface area contributed by atoms with Gasteiger partial charge < -0.3 is 10.4 Å². The number of aliphatic hydroxyl groups excluding tert-OH is 1. The Morgan fingerprint density at radius 2 is 1.95 bits per heavy atom. The first-order valence-corrected chi connectivity index (χ1v) is 7.79. The lowest BCUT2D eigenvalue weighted by Gasteiger charge is -2.26. The molecule has 2 heteroatoms. The summed E-state index contributed by atoms with van der Waals surface area (Å²) in [6.07, 6.45) is 7.12. The Kier molecular flexibility index (Phi) is 4.19. The van der Waals surface area contributed by atoms with Crippen LogP contribution in [0.4, 0.5) is 0 Å². The van der Waals surface area contributed by atoms with E-state index in [1.807, 2.05) is 0 Å². The fourth-order valence-electron chi connectivity index (χ4n) is 3.35. The van der Waals surface area contributed by atoms with Gasteiger partial charge in [-0.05, 0) is 61.6 Å². The summed E-state index contributed by atoms with van der Waals surface area (Å²) in [5.74, 6) is 1.49. The van der Waals surface area contributed by atoms with Crippen molar-refractivity contribution in [2.24, 2.45) is 5.92 Å². The molecule has 2 fully saturated rings. The average molecular weight is 259 g/mol. The maximum atomic E-state index is 9.69. The van der Waals surface area contributed by atoms with Crippen molar-refractivity contribution in [1.29, 1.82) is 0 Å². The third-order valence-corrected chi connectivity index (χ3v) is 4.58. The Morgan fingerprint density at radius 1 is 1.11 bits per heavy atom. The third kappa shape index (κ3) is 3.58. The first-order valence-electron chi connectivity index (χ1n) is 7.79. The molecule has 0 spiro atoms. The fraction of sp³-hybridized carbons (Fsp3) is 0.647. The lowest BCUT2D eigenvalue weighted by atomic mass is 9.87. The molecule has 19 heavy (non-hydrogen) atoms. The Hall–Kier alpha value is -0.860. The molecule has 0 heterocycles. The number of benzene rings is 1. The first kappa shape index (κ1) is 13.1. The molecule has 1 aromatic carbocycles. The van der Waals surface area contributed by atoms with E-state index < -0.39 is 0 Å². The molecule has 0 bridgehead atoms. The Labute approximate surface area is 116 Å². The SMILES string of the molecule is OC1CCCC(CNCc2ccccc2C2CC2)C1. The van der Waals surface area contributed by atoms with Crippen LogP contribution < -0.4 is 5.32 Å². The molecule has 2 nitrogen and oxygen atoms in total. The third-order valence-electron chi connectivity index (χ3n) is 4.58. The van der Waals surface area contributed by atoms with Crippen LogP contribution in [0.3, 0.4) is 0 Å². The molecule has 0 radical (unpaired) electrons. The van der Waals surface area contributed by atoms with Crippen molar-refractivity contribution in [2.75, 3.05) is 6.54 Å². The summed E-state index contributed by atoms with van der Waals surface area (Å²) in [7, 11) is 0. The number of aliphatic hydroxyl groups is 1. The molecule has 2 N–H and O–H groups in total. The Morgan fingerprint density at radius 3 is 2.74 bits per heavy atom. The maximum absolute atomic E-state index is 9.69. The van der Waals surface area contributed by atoms with Crippen LogP contribution in [0.1, 0.15) is 55.6 Å². The van der Waals surface area contributed by atoms with Crippen molar-refractivity contribution in [3.05, 3.63) is 35.4 Å². The second-order valence-corrected chi connectivity index (χ2v) is 6.29. The van der Waals surface area contributed by atoms with Gasteiger partial charge >= 0.3 is 0 Å². The van der Waals surface area contributed by atoms with Gasteiger partial charge in [0.15, 0.2) is 0 Å². The molecule has 0 aromatic heterocycles. The normalized spacial score (nSPS) is 27.4. The molecule has 3 rings (SSSR count). The van der Waals surface area contributed by atoms with E-state index in [1.54, 1.807) is 5.56 Å². The number of nitrogens with one attached hydrogen (secondary N) is 1. The zero-order valence-electron chi connectivity index (χ0n) is 11.6. The van der Waals surface area contributed by atoms with E-state index in [1.165, 1.54) is 31.2 Å². The summed E-state index contributed by atoms with van der Waals surface area (Å²) < 4.78 is 0. The molecule has 2 saturated carbocycles. The number of hydrogen-bond acceptors (Lipinski definition) is 2. The van der Waals surface area contributed by atoms with E-state index in [2.05, 4.69) is 29.6 Å². The van der Waals surface area contributed by atoms with Crippen LogP contribution in [-0.2, 0) is 6.54 Å². The van der Waals surface area contributed by atoms with Crippen LogP contribution >= 0.6 is 0 Å². The lowest BCUT2D eigenvalue weighted by Crippen LogP contribution is -2.29. The topological polar surface area (TPSA) is 32.3 Å². The quantitative estimate of drug-likeness (QED) is 0.851. The minimum Gasteiger partial charge on any atom is -0.393 e. The van der Waals surface area contributed by atoms with Crippen molar-refractivity contribution in [3.8, 4) is 0 Å². The van der Waals surface area contributed by atoms with Gasteiger partial charge in [0, 0.05) is 6.54 Å². The van der Waals surface area contributed by atoms with Gasteiger partial charge in [-0.1, -0.05) is 30.7 Å². The lowest BCUT2D eigenvalue weighted by molar-refractivity contribution is 0.101. The zero-order valence-corrected chi connectivity index (χ0v) is 11.6. The van der Waals surface area contributed by atoms with Gasteiger partial charge in [0.25, 0.3) is 0 Å².